The lowest BCUT2D eigenvalue weighted by Gasteiger charge is -2.05. The van der Waals surface area contributed by atoms with E-state index in [-0.39, 0.29) is 0 Å². The maximum atomic E-state index is 5.27. The molecule has 0 fully saturated rings. The number of aryl methyl sites for hydroxylation is 2. The quantitative estimate of drug-likeness (QED) is 0.495. The Labute approximate surface area is 105 Å². The van der Waals surface area contributed by atoms with E-state index in [9.17, 15) is 0 Å². The number of rotatable bonds is 3. The smallest absolute Gasteiger partial charge is 0.238 e. The van der Waals surface area contributed by atoms with Gasteiger partial charge in [0.15, 0.2) is 0 Å². The molecule has 5 heteroatoms. The fourth-order valence-electron chi connectivity index (χ4n) is 1.37. The zero-order valence-corrected chi connectivity index (χ0v) is 10.6. The molecule has 0 spiro atoms. The van der Waals surface area contributed by atoms with Crippen molar-refractivity contribution < 1.29 is 0 Å². The summed E-state index contributed by atoms with van der Waals surface area (Å²) in [6.45, 7) is 4.21. The summed E-state index contributed by atoms with van der Waals surface area (Å²) in [7, 11) is 0. The van der Waals surface area contributed by atoms with Crippen LogP contribution < -0.4 is 11.3 Å². The molecule has 0 saturated carbocycles. The lowest BCUT2D eigenvalue weighted by molar-refractivity contribution is 1.03. The first-order chi connectivity index (χ1) is 8.19. The minimum Gasteiger partial charge on any atom is -0.292 e. The number of benzene rings is 1. The van der Waals surface area contributed by atoms with Gasteiger partial charge in [0.1, 0.15) is 5.03 Å². The van der Waals surface area contributed by atoms with Gasteiger partial charge in [-0.3, -0.25) is 5.43 Å². The number of aromatic nitrogens is 2. The van der Waals surface area contributed by atoms with Crippen LogP contribution in [0.1, 0.15) is 11.1 Å². The van der Waals surface area contributed by atoms with E-state index in [0.29, 0.717) is 5.95 Å². The lowest BCUT2D eigenvalue weighted by Crippen LogP contribution is -2.10. The van der Waals surface area contributed by atoms with Crippen LogP contribution in [-0.4, -0.2) is 9.97 Å². The van der Waals surface area contributed by atoms with Gasteiger partial charge in [0.2, 0.25) is 5.95 Å². The molecule has 0 atom stereocenters. The third-order valence-corrected chi connectivity index (χ3v) is 3.39. The molecule has 4 nitrogen and oxygen atoms in total. The van der Waals surface area contributed by atoms with Gasteiger partial charge in [0.05, 0.1) is 0 Å². The number of nitrogens with two attached hydrogens (primary N) is 1. The minimum absolute atomic E-state index is 0.429. The number of nitrogen functional groups attached to an aromatic ring is 1. The second-order valence-electron chi connectivity index (χ2n) is 3.71. The van der Waals surface area contributed by atoms with E-state index in [4.69, 9.17) is 5.84 Å². The molecule has 0 aliphatic heterocycles. The van der Waals surface area contributed by atoms with Crippen molar-refractivity contribution in [2.75, 3.05) is 5.43 Å². The van der Waals surface area contributed by atoms with Gasteiger partial charge in [-0.1, -0.05) is 17.8 Å². The van der Waals surface area contributed by atoms with Crippen LogP contribution >= 0.6 is 11.8 Å². The SMILES string of the molecule is Cc1ccc(Sc2ccnc(NN)n2)cc1C. The predicted octanol–water partition coefficient (Wildman–Crippen LogP) is 2.53. The van der Waals surface area contributed by atoms with E-state index in [0.717, 1.165) is 9.92 Å². The average molecular weight is 246 g/mol. The average Bonchev–Trinajstić information content (AvgIpc) is 2.34. The summed E-state index contributed by atoms with van der Waals surface area (Å²) >= 11 is 1.59. The molecule has 1 aromatic heterocycles. The summed E-state index contributed by atoms with van der Waals surface area (Å²) in [5.41, 5.74) is 5.01. The van der Waals surface area contributed by atoms with Gasteiger partial charge in [-0.15, -0.1) is 0 Å². The van der Waals surface area contributed by atoms with Crippen molar-refractivity contribution in [1.82, 2.24) is 9.97 Å². The highest BCUT2D eigenvalue weighted by Crippen LogP contribution is 2.27. The second kappa shape index (κ2) is 5.16. The van der Waals surface area contributed by atoms with Gasteiger partial charge in [-0.2, -0.15) is 0 Å². The van der Waals surface area contributed by atoms with E-state index in [2.05, 4.69) is 47.4 Å². The molecule has 0 aliphatic carbocycles. The highest BCUT2D eigenvalue weighted by molar-refractivity contribution is 7.99. The summed E-state index contributed by atoms with van der Waals surface area (Å²) in [5.74, 6) is 5.70. The molecule has 0 amide bonds. The molecule has 88 valence electrons. The largest absolute Gasteiger partial charge is 0.292 e. The molecule has 0 aliphatic rings. The zero-order valence-electron chi connectivity index (χ0n) is 9.77. The Hall–Kier alpha value is -1.59. The molecule has 17 heavy (non-hydrogen) atoms. The van der Waals surface area contributed by atoms with Crippen molar-refractivity contribution >= 4 is 17.7 Å². The highest BCUT2D eigenvalue weighted by atomic mass is 32.2. The standard InChI is InChI=1S/C12H14N4S/c1-8-3-4-10(7-9(8)2)17-11-5-6-14-12(15-11)16-13/h3-7H,13H2,1-2H3,(H,14,15,16). The van der Waals surface area contributed by atoms with Gasteiger partial charge >= 0.3 is 0 Å². The van der Waals surface area contributed by atoms with Gasteiger partial charge in [0.25, 0.3) is 0 Å². The summed E-state index contributed by atoms with van der Waals surface area (Å²) in [5, 5.41) is 0.871. The van der Waals surface area contributed by atoms with Crippen LogP contribution in [0, 0.1) is 13.8 Å². The summed E-state index contributed by atoms with van der Waals surface area (Å²) in [6, 6.07) is 8.21. The molecule has 1 aromatic carbocycles. The number of hydrazine groups is 1. The maximum Gasteiger partial charge on any atom is 0.238 e. The number of nitrogens with zero attached hydrogens (tertiary/aromatic N) is 2. The fraction of sp³-hybridized carbons (Fsp3) is 0.167. The Morgan fingerprint density at radius 2 is 2.00 bits per heavy atom. The third-order valence-electron chi connectivity index (χ3n) is 2.46. The zero-order chi connectivity index (χ0) is 12.3. The lowest BCUT2D eigenvalue weighted by atomic mass is 10.1. The molecule has 2 rings (SSSR count). The van der Waals surface area contributed by atoms with E-state index < -0.39 is 0 Å². The van der Waals surface area contributed by atoms with Gasteiger partial charge in [-0.05, 0) is 43.2 Å². The first-order valence-electron chi connectivity index (χ1n) is 5.24. The molecule has 0 bridgehead atoms. The Morgan fingerprint density at radius 3 is 2.71 bits per heavy atom. The van der Waals surface area contributed by atoms with E-state index in [1.54, 1.807) is 18.0 Å². The molecule has 0 saturated heterocycles. The Balaban J connectivity index is 2.22. The molecule has 2 aromatic rings. The molecular formula is C12H14N4S. The van der Waals surface area contributed by atoms with Crippen LogP contribution in [0.15, 0.2) is 40.4 Å². The van der Waals surface area contributed by atoms with Crippen molar-refractivity contribution in [3.63, 3.8) is 0 Å². The molecule has 3 N–H and O–H groups in total. The Kier molecular flexibility index (Phi) is 3.61. The summed E-state index contributed by atoms with van der Waals surface area (Å²) in [4.78, 5) is 9.39. The number of nitrogens with one attached hydrogen (secondary N) is 1. The monoisotopic (exact) mass is 246 g/mol. The fourth-order valence-corrected chi connectivity index (χ4v) is 2.24. The Morgan fingerprint density at radius 1 is 1.18 bits per heavy atom. The normalized spacial score (nSPS) is 10.3. The van der Waals surface area contributed by atoms with Gasteiger partial charge < -0.3 is 0 Å². The number of anilines is 1. The first-order valence-corrected chi connectivity index (χ1v) is 6.05. The topological polar surface area (TPSA) is 63.8 Å². The van der Waals surface area contributed by atoms with Crippen molar-refractivity contribution in [3.05, 3.63) is 41.6 Å². The van der Waals surface area contributed by atoms with Crippen molar-refractivity contribution in [1.29, 1.82) is 0 Å². The van der Waals surface area contributed by atoms with Gasteiger partial charge in [-0.25, -0.2) is 15.8 Å². The second-order valence-corrected chi connectivity index (χ2v) is 4.80. The molecule has 0 unspecified atom stereocenters. The number of hydrogen-bond donors (Lipinski definition) is 2. The highest BCUT2D eigenvalue weighted by Gasteiger charge is 2.02. The first kappa shape index (κ1) is 11.9. The van der Waals surface area contributed by atoms with Crippen LogP contribution in [0.4, 0.5) is 5.95 Å². The van der Waals surface area contributed by atoms with Crippen LogP contribution in [0.5, 0.6) is 0 Å². The Bertz CT molecular complexity index is 528. The molecular weight excluding hydrogens is 232 g/mol. The summed E-state index contributed by atoms with van der Waals surface area (Å²) < 4.78 is 0. The van der Waals surface area contributed by atoms with Crippen LogP contribution in [-0.2, 0) is 0 Å². The minimum atomic E-state index is 0.429. The molecule has 0 radical (unpaired) electrons. The van der Waals surface area contributed by atoms with E-state index in [1.165, 1.54) is 11.1 Å². The summed E-state index contributed by atoms with van der Waals surface area (Å²) in [6.07, 6.45) is 1.69. The maximum absolute atomic E-state index is 5.27. The van der Waals surface area contributed by atoms with E-state index in [1.807, 2.05) is 6.07 Å². The predicted molar refractivity (Wildman–Crippen MR) is 69.9 cm³/mol. The van der Waals surface area contributed by atoms with Crippen molar-refractivity contribution in [2.45, 2.75) is 23.8 Å². The van der Waals surface area contributed by atoms with Crippen molar-refractivity contribution in [2.24, 2.45) is 5.84 Å². The van der Waals surface area contributed by atoms with Crippen LogP contribution in [0.2, 0.25) is 0 Å². The number of hydrogen-bond acceptors (Lipinski definition) is 5. The molecule has 1 heterocycles. The van der Waals surface area contributed by atoms with E-state index >= 15 is 0 Å². The van der Waals surface area contributed by atoms with Crippen LogP contribution in [0.25, 0.3) is 0 Å². The van der Waals surface area contributed by atoms with Crippen molar-refractivity contribution in [3.8, 4) is 0 Å². The van der Waals surface area contributed by atoms with Crippen LogP contribution in [0.3, 0.4) is 0 Å². The third kappa shape index (κ3) is 2.95. The van der Waals surface area contributed by atoms with Gasteiger partial charge in [0, 0.05) is 11.1 Å².